The molecule has 1 atom stereocenters. The SMILES string of the molecule is CCC(C)CN(C)c1nc(C)[nH]c1N. The number of aromatic amines is 1. The molecule has 1 rings (SSSR count). The minimum Gasteiger partial charge on any atom is -0.382 e. The first-order chi connectivity index (χ1) is 6.54. The fraction of sp³-hybridized carbons (Fsp3) is 0.700. The molecule has 0 aromatic carbocycles. The Kier molecular flexibility index (Phi) is 3.38. The molecule has 1 aromatic heterocycles. The summed E-state index contributed by atoms with van der Waals surface area (Å²) in [5, 5.41) is 0. The van der Waals surface area contributed by atoms with Crippen molar-refractivity contribution >= 4 is 11.6 Å². The standard InChI is InChI=1S/C10H20N4/c1-5-7(2)6-14(4)10-9(11)12-8(3)13-10/h7H,5-6,11H2,1-4H3,(H,12,13). The van der Waals surface area contributed by atoms with Crippen molar-refractivity contribution in [2.45, 2.75) is 27.2 Å². The number of nitrogens with one attached hydrogen (secondary N) is 1. The first kappa shape index (κ1) is 10.9. The summed E-state index contributed by atoms with van der Waals surface area (Å²) in [7, 11) is 2.03. The summed E-state index contributed by atoms with van der Waals surface area (Å²) in [6.07, 6.45) is 1.17. The van der Waals surface area contributed by atoms with Gasteiger partial charge in [0.1, 0.15) is 11.6 Å². The Morgan fingerprint density at radius 3 is 2.64 bits per heavy atom. The average Bonchev–Trinajstić information content (AvgIpc) is 2.45. The van der Waals surface area contributed by atoms with Gasteiger partial charge in [0, 0.05) is 13.6 Å². The van der Waals surface area contributed by atoms with Gasteiger partial charge in [-0.3, -0.25) is 0 Å². The maximum absolute atomic E-state index is 5.80. The van der Waals surface area contributed by atoms with E-state index in [4.69, 9.17) is 5.73 Å². The number of imidazole rings is 1. The van der Waals surface area contributed by atoms with Crippen molar-refractivity contribution in [1.82, 2.24) is 9.97 Å². The van der Waals surface area contributed by atoms with Crippen LogP contribution in [-0.4, -0.2) is 23.6 Å². The Balaban J connectivity index is 2.69. The highest BCUT2D eigenvalue weighted by Gasteiger charge is 2.11. The van der Waals surface area contributed by atoms with Gasteiger partial charge in [-0.25, -0.2) is 4.98 Å². The largest absolute Gasteiger partial charge is 0.382 e. The molecule has 14 heavy (non-hydrogen) atoms. The van der Waals surface area contributed by atoms with Gasteiger partial charge in [0.05, 0.1) is 0 Å². The Morgan fingerprint density at radius 2 is 2.21 bits per heavy atom. The summed E-state index contributed by atoms with van der Waals surface area (Å²) in [5.41, 5.74) is 5.80. The zero-order valence-electron chi connectivity index (χ0n) is 9.46. The maximum atomic E-state index is 5.80. The summed E-state index contributed by atoms with van der Waals surface area (Å²) < 4.78 is 0. The van der Waals surface area contributed by atoms with Gasteiger partial charge in [-0.2, -0.15) is 0 Å². The molecular formula is C10H20N4. The highest BCUT2D eigenvalue weighted by atomic mass is 15.2. The first-order valence-corrected chi connectivity index (χ1v) is 5.07. The molecule has 0 aliphatic rings. The lowest BCUT2D eigenvalue weighted by atomic mass is 10.1. The Bertz CT molecular complexity index is 292. The summed E-state index contributed by atoms with van der Waals surface area (Å²) in [5.74, 6) is 3.06. The van der Waals surface area contributed by atoms with Gasteiger partial charge in [0.25, 0.3) is 0 Å². The molecule has 0 saturated heterocycles. The van der Waals surface area contributed by atoms with Crippen LogP contribution < -0.4 is 10.6 Å². The minimum atomic E-state index is 0.660. The van der Waals surface area contributed by atoms with Crippen molar-refractivity contribution in [3.8, 4) is 0 Å². The fourth-order valence-electron chi connectivity index (χ4n) is 1.47. The molecular weight excluding hydrogens is 176 g/mol. The van der Waals surface area contributed by atoms with E-state index in [9.17, 15) is 0 Å². The number of nitrogens with two attached hydrogens (primary N) is 1. The maximum Gasteiger partial charge on any atom is 0.171 e. The van der Waals surface area contributed by atoms with E-state index < -0.39 is 0 Å². The third kappa shape index (κ3) is 2.40. The molecule has 1 heterocycles. The number of aromatic nitrogens is 2. The molecule has 0 bridgehead atoms. The van der Waals surface area contributed by atoms with Crippen LogP contribution in [-0.2, 0) is 0 Å². The lowest BCUT2D eigenvalue weighted by Crippen LogP contribution is -2.24. The van der Waals surface area contributed by atoms with Gasteiger partial charge in [0.15, 0.2) is 5.82 Å². The molecule has 0 aliphatic heterocycles. The van der Waals surface area contributed by atoms with Crippen molar-refractivity contribution in [3.05, 3.63) is 5.82 Å². The highest BCUT2D eigenvalue weighted by Crippen LogP contribution is 2.19. The summed E-state index contributed by atoms with van der Waals surface area (Å²) >= 11 is 0. The van der Waals surface area contributed by atoms with Gasteiger partial charge < -0.3 is 15.6 Å². The van der Waals surface area contributed by atoms with E-state index >= 15 is 0 Å². The van der Waals surface area contributed by atoms with Crippen LogP contribution in [0.1, 0.15) is 26.1 Å². The molecule has 1 unspecified atom stereocenters. The predicted molar refractivity (Wildman–Crippen MR) is 60.5 cm³/mol. The fourth-order valence-corrected chi connectivity index (χ4v) is 1.47. The zero-order chi connectivity index (χ0) is 10.7. The molecule has 4 nitrogen and oxygen atoms in total. The second kappa shape index (κ2) is 4.35. The first-order valence-electron chi connectivity index (χ1n) is 5.07. The van der Waals surface area contributed by atoms with Crippen LogP contribution in [0.5, 0.6) is 0 Å². The van der Waals surface area contributed by atoms with Crippen molar-refractivity contribution in [2.24, 2.45) is 5.92 Å². The second-order valence-electron chi connectivity index (χ2n) is 3.95. The molecule has 0 radical (unpaired) electrons. The highest BCUT2D eigenvalue weighted by molar-refractivity contribution is 5.58. The molecule has 0 fully saturated rings. The molecule has 0 amide bonds. The number of rotatable bonds is 4. The third-order valence-corrected chi connectivity index (χ3v) is 2.47. The predicted octanol–water partition coefficient (Wildman–Crippen LogP) is 1.78. The van der Waals surface area contributed by atoms with Crippen LogP contribution in [0.25, 0.3) is 0 Å². The van der Waals surface area contributed by atoms with Gasteiger partial charge >= 0.3 is 0 Å². The lowest BCUT2D eigenvalue weighted by Gasteiger charge is -2.20. The van der Waals surface area contributed by atoms with Crippen molar-refractivity contribution in [3.63, 3.8) is 0 Å². The van der Waals surface area contributed by atoms with Gasteiger partial charge in [-0.1, -0.05) is 20.3 Å². The van der Waals surface area contributed by atoms with Gasteiger partial charge in [-0.05, 0) is 12.8 Å². The Hall–Kier alpha value is -1.19. The zero-order valence-corrected chi connectivity index (χ0v) is 9.46. The number of nitrogen functional groups attached to an aromatic ring is 1. The van der Waals surface area contributed by atoms with E-state index in [1.165, 1.54) is 6.42 Å². The van der Waals surface area contributed by atoms with E-state index in [-0.39, 0.29) is 0 Å². The normalized spacial score (nSPS) is 12.9. The molecule has 4 heteroatoms. The van der Waals surface area contributed by atoms with Gasteiger partial charge in [-0.15, -0.1) is 0 Å². The quantitative estimate of drug-likeness (QED) is 0.771. The smallest absolute Gasteiger partial charge is 0.171 e. The van der Waals surface area contributed by atoms with E-state index in [1.54, 1.807) is 0 Å². The summed E-state index contributed by atoms with van der Waals surface area (Å²) in [4.78, 5) is 9.45. The van der Waals surface area contributed by atoms with Crippen molar-refractivity contribution in [2.75, 3.05) is 24.2 Å². The van der Waals surface area contributed by atoms with Crippen molar-refractivity contribution < 1.29 is 0 Å². The van der Waals surface area contributed by atoms with Crippen LogP contribution in [0.15, 0.2) is 0 Å². The number of hydrogen-bond acceptors (Lipinski definition) is 3. The van der Waals surface area contributed by atoms with Crippen LogP contribution in [0, 0.1) is 12.8 Å². The van der Waals surface area contributed by atoms with Crippen LogP contribution in [0.3, 0.4) is 0 Å². The van der Waals surface area contributed by atoms with E-state index in [0.29, 0.717) is 11.7 Å². The summed E-state index contributed by atoms with van der Waals surface area (Å²) in [6, 6.07) is 0. The van der Waals surface area contributed by atoms with Crippen LogP contribution >= 0.6 is 0 Å². The number of H-pyrrole nitrogens is 1. The Labute approximate surface area is 85.5 Å². The molecule has 1 aromatic rings. The molecule has 80 valence electrons. The average molecular weight is 196 g/mol. The molecule has 0 aliphatic carbocycles. The Morgan fingerprint density at radius 1 is 1.57 bits per heavy atom. The number of aryl methyl sites for hydroxylation is 1. The van der Waals surface area contributed by atoms with Crippen LogP contribution in [0.4, 0.5) is 11.6 Å². The van der Waals surface area contributed by atoms with Crippen molar-refractivity contribution in [1.29, 1.82) is 0 Å². The number of nitrogens with zero attached hydrogens (tertiary/aromatic N) is 2. The van der Waals surface area contributed by atoms with Crippen LogP contribution in [0.2, 0.25) is 0 Å². The van der Waals surface area contributed by atoms with E-state index in [1.807, 2.05) is 14.0 Å². The van der Waals surface area contributed by atoms with E-state index in [2.05, 4.69) is 28.7 Å². The number of anilines is 2. The topological polar surface area (TPSA) is 57.9 Å². The van der Waals surface area contributed by atoms with Gasteiger partial charge in [0.2, 0.25) is 0 Å². The molecule has 0 spiro atoms. The molecule has 3 N–H and O–H groups in total. The second-order valence-corrected chi connectivity index (χ2v) is 3.95. The monoisotopic (exact) mass is 196 g/mol. The van der Waals surface area contributed by atoms with E-state index in [0.717, 1.165) is 18.2 Å². The summed E-state index contributed by atoms with van der Waals surface area (Å²) in [6.45, 7) is 7.33. The lowest BCUT2D eigenvalue weighted by molar-refractivity contribution is 0.558. The third-order valence-electron chi connectivity index (χ3n) is 2.47. The number of hydrogen-bond donors (Lipinski definition) is 2. The minimum absolute atomic E-state index is 0.660. The molecule has 0 saturated carbocycles.